The minimum absolute atomic E-state index is 0.244. The van der Waals surface area contributed by atoms with Gasteiger partial charge in [0.15, 0.2) is 0 Å². The summed E-state index contributed by atoms with van der Waals surface area (Å²) in [6.07, 6.45) is 10.6. The molecule has 1 atom stereocenters. The average molecular weight is 379 g/mol. The highest BCUT2D eigenvalue weighted by atomic mass is 16.1. The van der Waals surface area contributed by atoms with Crippen molar-refractivity contribution in [2.24, 2.45) is 7.05 Å². The van der Waals surface area contributed by atoms with Crippen LogP contribution >= 0.6 is 0 Å². The molecule has 1 aromatic carbocycles. The second kappa shape index (κ2) is 7.03. The Hall–Kier alpha value is -2.14. The molecule has 0 radical (unpaired) electrons. The van der Waals surface area contributed by atoms with E-state index >= 15 is 0 Å². The van der Waals surface area contributed by atoms with Crippen LogP contribution in [0.1, 0.15) is 61.1 Å². The monoisotopic (exact) mass is 378 g/mol. The largest absolute Gasteiger partial charge is 0.353 e. The molecule has 1 amide bonds. The summed E-state index contributed by atoms with van der Waals surface area (Å²) in [7, 11) is 1.98. The van der Waals surface area contributed by atoms with E-state index < -0.39 is 0 Å². The molecule has 2 aliphatic carbocycles. The van der Waals surface area contributed by atoms with Crippen LogP contribution in [-0.2, 0) is 23.8 Å². The van der Waals surface area contributed by atoms with E-state index in [4.69, 9.17) is 0 Å². The Kier molecular flexibility index (Phi) is 4.50. The third-order valence-corrected chi connectivity index (χ3v) is 6.96. The lowest BCUT2D eigenvalue weighted by Crippen LogP contribution is -2.41. The van der Waals surface area contributed by atoms with Crippen LogP contribution in [0.3, 0.4) is 0 Å². The van der Waals surface area contributed by atoms with Gasteiger partial charge in [0.25, 0.3) is 0 Å². The minimum Gasteiger partial charge on any atom is -0.353 e. The third kappa shape index (κ3) is 3.48. The number of hydrogen-bond donors (Lipinski definition) is 1. The molecule has 5 heteroatoms. The number of fused-ring (bicyclic) bond motifs is 2. The topological polar surface area (TPSA) is 50.2 Å². The van der Waals surface area contributed by atoms with Gasteiger partial charge in [0.1, 0.15) is 0 Å². The minimum atomic E-state index is 0.244. The lowest BCUT2D eigenvalue weighted by molar-refractivity contribution is -0.121. The van der Waals surface area contributed by atoms with Crippen LogP contribution in [0.5, 0.6) is 0 Å². The Morgan fingerprint density at radius 1 is 1.25 bits per heavy atom. The fraction of sp³-hybridized carbons (Fsp3) is 0.565. The average Bonchev–Trinajstić information content (AvgIpc) is 3.33. The summed E-state index contributed by atoms with van der Waals surface area (Å²) in [6, 6.07) is 9.36. The molecule has 1 saturated heterocycles. The number of nitrogens with one attached hydrogen (secondary N) is 1. The lowest BCUT2D eigenvalue weighted by Gasteiger charge is -2.40. The summed E-state index contributed by atoms with van der Waals surface area (Å²) in [5, 5.41) is 7.48. The zero-order valence-corrected chi connectivity index (χ0v) is 16.7. The first-order valence-electron chi connectivity index (χ1n) is 10.7. The zero-order chi connectivity index (χ0) is 19.1. The number of likely N-dealkylation sites (tertiary alicyclic amines) is 1. The van der Waals surface area contributed by atoms with Crippen molar-refractivity contribution in [3.63, 3.8) is 0 Å². The van der Waals surface area contributed by atoms with E-state index in [0.29, 0.717) is 18.4 Å². The number of benzene rings is 1. The Morgan fingerprint density at radius 3 is 2.75 bits per heavy atom. The van der Waals surface area contributed by atoms with Gasteiger partial charge in [-0.25, -0.2) is 0 Å². The van der Waals surface area contributed by atoms with E-state index in [1.54, 1.807) is 0 Å². The van der Waals surface area contributed by atoms with Crippen LogP contribution in [-0.4, -0.2) is 39.7 Å². The summed E-state index contributed by atoms with van der Waals surface area (Å²) in [6.45, 7) is 3.22. The van der Waals surface area contributed by atoms with Gasteiger partial charge in [-0.2, -0.15) is 5.10 Å². The number of aromatic nitrogens is 2. The summed E-state index contributed by atoms with van der Waals surface area (Å²) in [5.74, 6) is 0.619. The number of piperidine rings is 1. The van der Waals surface area contributed by atoms with Crippen LogP contribution in [0.25, 0.3) is 0 Å². The third-order valence-electron chi connectivity index (χ3n) is 6.96. The van der Waals surface area contributed by atoms with Gasteiger partial charge in [0, 0.05) is 37.8 Å². The van der Waals surface area contributed by atoms with E-state index in [0.717, 1.165) is 38.9 Å². The van der Waals surface area contributed by atoms with Crippen LogP contribution in [0.15, 0.2) is 36.7 Å². The van der Waals surface area contributed by atoms with E-state index in [9.17, 15) is 4.79 Å². The van der Waals surface area contributed by atoms with Gasteiger partial charge in [0.2, 0.25) is 5.91 Å². The number of carbonyl (C=O) groups is 1. The highest BCUT2D eigenvalue weighted by Crippen LogP contribution is 2.52. The Balaban J connectivity index is 1.28. The fourth-order valence-electron chi connectivity index (χ4n) is 5.37. The van der Waals surface area contributed by atoms with Crippen molar-refractivity contribution in [1.82, 2.24) is 20.0 Å². The molecule has 2 aromatic rings. The van der Waals surface area contributed by atoms with Crippen LogP contribution in [0, 0.1) is 0 Å². The number of nitrogens with zero attached hydrogens (tertiary/aromatic N) is 3. The summed E-state index contributed by atoms with van der Waals surface area (Å²) in [4.78, 5) is 15.0. The first kappa shape index (κ1) is 17.9. The maximum Gasteiger partial charge on any atom is 0.220 e. The van der Waals surface area contributed by atoms with Crippen LogP contribution in [0.4, 0.5) is 0 Å². The number of carbonyl (C=O) groups excluding carboxylic acids is 1. The Morgan fingerprint density at radius 2 is 2.04 bits per heavy atom. The SMILES string of the molecule is Cn1cc(CN2CCC3(CC2)CC(CC(=O)NC2CC2)c2ccccc23)cn1. The normalized spacial score (nSPS) is 23.7. The molecular formula is C23H30N4O. The smallest absolute Gasteiger partial charge is 0.220 e. The molecule has 2 heterocycles. The van der Waals surface area contributed by atoms with E-state index in [-0.39, 0.29) is 11.3 Å². The fourth-order valence-corrected chi connectivity index (χ4v) is 5.37. The maximum atomic E-state index is 12.5. The number of aryl methyl sites for hydroxylation is 1. The van der Waals surface area contributed by atoms with Gasteiger partial charge in [-0.15, -0.1) is 0 Å². The van der Waals surface area contributed by atoms with E-state index in [1.807, 2.05) is 17.9 Å². The van der Waals surface area contributed by atoms with Gasteiger partial charge < -0.3 is 5.32 Å². The summed E-state index contributed by atoms with van der Waals surface area (Å²) in [5.41, 5.74) is 4.49. The van der Waals surface area contributed by atoms with Crippen molar-refractivity contribution in [3.05, 3.63) is 53.3 Å². The van der Waals surface area contributed by atoms with Crippen molar-refractivity contribution in [1.29, 1.82) is 0 Å². The molecule has 3 aliphatic rings. The van der Waals surface area contributed by atoms with Crippen LogP contribution in [0.2, 0.25) is 0 Å². The van der Waals surface area contributed by atoms with Gasteiger partial charge in [-0.1, -0.05) is 24.3 Å². The molecule has 5 nitrogen and oxygen atoms in total. The molecule has 0 bridgehead atoms. The van der Waals surface area contributed by atoms with Crippen molar-refractivity contribution in [2.45, 2.75) is 62.4 Å². The molecule has 1 unspecified atom stereocenters. The molecule has 1 saturated carbocycles. The molecule has 5 rings (SSSR count). The van der Waals surface area contributed by atoms with Crippen molar-refractivity contribution < 1.29 is 4.79 Å². The molecule has 1 spiro atoms. The number of amides is 1. The highest BCUT2D eigenvalue weighted by Gasteiger charge is 2.45. The molecule has 1 aliphatic heterocycles. The van der Waals surface area contributed by atoms with Crippen molar-refractivity contribution in [2.75, 3.05) is 13.1 Å². The molecule has 1 aromatic heterocycles. The first-order valence-corrected chi connectivity index (χ1v) is 10.7. The lowest BCUT2D eigenvalue weighted by atomic mass is 9.73. The van der Waals surface area contributed by atoms with Crippen molar-refractivity contribution >= 4 is 5.91 Å². The molecule has 148 valence electrons. The number of hydrogen-bond acceptors (Lipinski definition) is 3. The van der Waals surface area contributed by atoms with E-state index in [1.165, 1.54) is 29.5 Å². The summed E-state index contributed by atoms with van der Waals surface area (Å²) >= 11 is 0. The van der Waals surface area contributed by atoms with E-state index in [2.05, 4.69) is 45.8 Å². The van der Waals surface area contributed by atoms with Gasteiger partial charge in [0.05, 0.1) is 6.20 Å². The Bertz CT molecular complexity index is 861. The van der Waals surface area contributed by atoms with Crippen molar-refractivity contribution in [3.8, 4) is 0 Å². The first-order chi connectivity index (χ1) is 13.6. The van der Waals surface area contributed by atoms with Gasteiger partial charge in [-0.05, 0) is 67.7 Å². The predicted octanol–water partition coefficient (Wildman–Crippen LogP) is 3.11. The quantitative estimate of drug-likeness (QED) is 0.870. The van der Waals surface area contributed by atoms with Crippen LogP contribution < -0.4 is 5.32 Å². The zero-order valence-electron chi connectivity index (χ0n) is 16.7. The molecule has 28 heavy (non-hydrogen) atoms. The highest BCUT2D eigenvalue weighted by molar-refractivity contribution is 5.78. The molecular weight excluding hydrogens is 348 g/mol. The summed E-state index contributed by atoms with van der Waals surface area (Å²) < 4.78 is 1.88. The van der Waals surface area contributed by atoms with Gasteiger partial charge in [-0.3, -0.25) is 14.4 Å². The maximum absolute atomic E-state index is 12.5. The second-order valence-corrected chi connectivity index (χ2v) is 9.11. The van der Waals surface area contributed by atoms with Gasteiger partial charge >= 0.3 is 0 Å². The molecule has 1 N–H and O–H groups in total. The number of rotatable bonds is 5. The molecule has 2 fully saturated rings. The Labute approximate surface area is 167 Å². The second-order valence-electron chi connectivity index (χ2n) is 9.11. The standard InChI is InChI=1S/C23H30N4O/c1-26-15-17(14-24-26)16-27-10-8-23(9-11-27)13-18(12-22(28)25-19-6-7-19)20-4-2-3-5-21(20)23/h2-5,14-15,18-19H,6-13,16H2,1H3,(H,25,28). The predicted molar refractivity (Wildman–Crippen MR) is 109 cm³/mol.